The zero-order valence-electron chi connectivity index (χ0n) is 15.4. The van der Waals surface area contributed by atoms with Gasteiger partial charge >= 0.3 is 0 Å². The summed E-state index contributed by atoms with van der Waals surface area (Å²) in [6.07, 6.45) is 18.0. The van der Waals surface area contributed by atoms with Gasteiger partial charge in [0.1, 0.15) is 0 Å². The normalized spacial score (nSPS) is 12.0. The van der Waals surface area contributed by atoms with Gasteiger partial charge in [-0.1, -0.05) is 103 Å². The first-order valence-corrected chi connectivity index (χ1v) is 13.5. The van der Waals surface area contributed by atoms with Gasteiger partial charge in [-0.15, -0.1) is 0 Å². The van der Waals surface area contributed by atoms with Gasteiger partial charge in [0.05, 0.1) is 13.2 Å². The molecule has 0 spiro atoms. The van der Waals surface area contributed by atoms with E-state index in [0.29, 0.717) is 13.2 Å². The Morgan fingerprint density at radius 1 is 0.609 bits per heavy atom. The molecule has 140 valence electrons. The van der Waals surface area contributed by atoms with Crippen molar-refractivity contribution in [2.75, 3.05) is 13.2 Å². The van der Waals surface area contributed by atoms with Crippen LogP contribution in [0.5, 0.6) is 0 Å². The van der Waals surface area contributed by atoms with E-state index >= 15 is 0 Å². The molecule has 0 fully saturated rings. The number of unbranched alkanes of at least 4 members (excludes halogenated alkanes) is 12. The molecule has 23 heavy (non-hydrogen) atoms. The Labute approximate surface area is 155 Å². The summed E-state index contributed by atoms with van der Waals surface area (Å²) in [5.41, 5.74) is -2.30. The Kier molecular flexibility index (Phi) is 18.4. The number of hydrogen-bond donors (Lipinski definition) is 1. The summed E-state index contributed by atoms with van der Waals surface area (Å²) >= 11 is 9.76. The molecule has 0 saturated heterocycles. The fourth-order valence-electron chi connectivity index (χ4n) is 2.52. The first-order chi connectivity index (χ1) is 11.1. The van der Waals surface area contributed by atoms with Crippen molar-refractivity contribution in [3.8, 4) is 0 Å². The molecule has 2 nitrogen and oxygen atoms in total. The maximum Gasteiger partial charge on any atom is 0.244 e. The van der Waals surface area contributed by atoms with Gasteiger partial charge in [0.15, 0.2) is 0 Å². The highest BCUT2D eigenvalue weighted by molar-refractivity contribution is 8.60. The number of hydrogen-bond acceptors (Lipinski definition) is 3. The Hall–Kier alpha value is 0.920. The maximum atomic E-state index is 5.68. The monoisotopic (exact) mass is 382 g/mol. The van der Waals surface area contributed by atoms with Crippen LogP contribution >= 0.6 is 17.9 Å². The van der Waals surface area contributed by atoms with E-state index < -0.39 is 5.69 Å². The lowest BCUT2D eigenvalue weighted by molar-refractivity contribution is 0.250. The van der Waals surface area contributed by atoms with Crippen LogP contribution in [0.3, 0.4) is 0 Å². The van der Waals surface area contributed by atoms with Crippen LogP contribution in [0.2, 0.25) is 0 Å². The highest BCUT2D eigenvalue weighted by Crippen LogP contribution is 2.53. The molecule has 0 aromatic heterocycles. The second-order valence-corrected chi connectivity index (χ2v) is 11.7. The second kappa shape index (κ2) is 17.7. The average Bonchev–Trinajstić information content (AvgIpc) is 2.52. The van der Waals surface area contributed by atoms with E-state index in [4.69, 9.17) is 20.9 Å². The van der Waals surface area contributed by atoms with Crippen molar-refractivity contribution in [3.63, 3.8) is 0 Å². The molecule has 0 heterocycles. The van der Waals surface area contributed by atoms with Crippen molar-refractivity contribution in [3.05, 3.63) is 0 Å². The van der Waals surface area contributed by atoms with Gasteiger partial charge in [-0.05, 0) is 24.6 Å². The van der Waals surface area contributed by atoms with E-state index in [2.05, 4.69) is 26.1 Å². The molecule has 0 N–H and O–H groups in total. The molecular weight excluding hydrogens is 343 g/mol. The van der Waals surface area contributed by atoms with E-state index in [1.165, 1.54) is 77.0 Å². The molecule has 0 radical (unpaired) electrons. The van der Waals surface area contributed by atoms with Crippen molar-refractivity contribution >= 4 is 29.7 Å². The van der Waals surface area contributed by atoms with Gasteiger partial charge in [-0.3, -0.25) is 0 Å². The van der Waals surface area contributed by atoms with Crippen LogP contribution in [0.25, 0.3) is 0 Å². The zero-order chi connectivity index (χ0) is 17.2. The quantitative estimate of drug-likeness (QED) is 0.149. The lowest BCUT2D eigenvalue weighted by Crippen LogP contribution is -1.96. The van der Waals surface area contributed by atoms with Crippen LogP contribution in [0.1, 0.15) is 104 Å². The summed E-state index contributed by atoms with van der Waals surface area (Å²) in [4.78, 5) is 0. The Balaban J connectivity index is 3.35. The minimum Gasteiger partial charge on any atom is -0.322 e. The third-order valence-corrected chi connectivity index (χ3v) is 6.35. The predicted octanol–water partition coefficient (Wildman–Crippen LogP) is 7.68. The van der Waals surface area contributed by atoms with Gasteiger partial charge in [-0.2, -0.15) is 0 Å². The summed E-state index contributed by atoms with van der Waals surface area (Å²) in [6.45, 7) is 5.90. The number of rotatable bonds is 18. The van der Waals surface area contributed by atoms with Gasteiger partial charge < -0.3 is 9.05 Å². The summed E-state index contributed by atoms with van der Waals surface area (Å²) < 4.78 is 11.4. The molecule has 0 unspecified atom stereocenters. The molecule has 0 aliphatic heterocycles. The third kappa shape index (κ3) is 19.1. The summed E-state index contributed by atoms with van der Waals surface area (Å²) in [5.74, 6) is 0. The van der Waals surface area contributed by atoms with Crippen LogP contribution in [-0.4, -0.2) is 13.2 Å². The van der Waals surface area contributed by atoms with Gasteiger partial charge in [0, 0.05) is 0 Å². The molecule has 0 saturated carbocycles. The van der Waals surface area contributed by atoms with E-state index in [0.717, 1.165) is 12.8 Å². The predicted molar refractivity (Wildman–Crippen MR) is 111 cm³/mol. The Morgan fingerprint density at radius 3 is 1.26 bits per heavy atom. The highest BCUT2D eigenvalue weighted by atomic mass is 32.9. The fraction of sp³-hybridized carbons (Fsp3) is 1.00. The first-order valence-electron chi connectivity index (χ1n) is 9.74. The van der Waals surface area contributed by atoms with E-state index in [1.54, 1.807) is 0 Å². The van der Waals surface area contributed by atoms with Crippen molar-refractivity contribution < 1.29 is 9.05 Å². The molecule has 0 aliphatic carbocycles. The summed E-state index contributed by atoms with van der Waals surface area (Å²) in [5, 5.41) is 0. The smallest absolute Gasteiger partial charge is 0.244 e. The topological polar surface area (TPSA) is 18.5 Å². The van der Waals surface area contributed by atoms with Crippen LogP contribution in [0.15, 0.2) is 0 Å². The molecule has 5 heteroatoms. The van der Waals surface area contributed by atoms with Crippen molar-refractivity contribution in [1.29, 1.82) is 0 Å². The second-order valence-electron chi connectivity index (χ2n) is 6.38. The zero-order valence-corrected chi connectivity index (χ0v) is 18.0. The molecule has 0 aromatic rings. The van der Waals surface area contributed by atoms with E-state index in [9.17, 15) is 0 Å². The molecular formula is C18H39O2PS2. The minimum atomic E-state index is -2.30. The van der Waals surface area contributed by atoms with Crippen LogP contribution < -0.4 is 0 Å². The van der Waals surface area contributed by atoms with Crippen LogP contribution in [-0.2, 0) is 20.9 Å². The molecule has 0 aromatic carbocycles. The maximum absolute atomic E-state index is 5.68. The molecule has 0 atom stereocenters. The first kappa shape index (κ1) is 23.9. The standard InChI is InChI=1S/C18H39O2PS2/c1-3-5-7-9-11-13-15-17-19-21(22,23)20-18-16-14-12-10-8-6-4-2/h3-18H2,1-2H3,(H,22,23). The molecule has 0 bridgehead atoms. The average molecular weight is 383 g/mol. The molecule has 0 aliphatic rings. The van der Waals surface area contributed by atoms with E-state index in [-0.39, 0.29) is 0 Å². The lowest BCUT2D eigenvalue weighted by atomic mass is 10.1. The minimum absolute atomic E-state index is 0.700. The van der Waals surface area contributed by atoms with Gasteiger partial charge in [-0.25, -0.2) is 0 Å². The Morgan fingerprint density at radius 2 is 0.913 bits per heavy atom. The largest absolute Gasteiger partial charge is 0.322 e. The van der Waals surface area contributed by atoms with E-state index in [1.807, 2.05) is 0 Å². The summed E-state index contributed by atoms with van der Waals surface area (Å²) in [6, 6.07) is 0. The molecule has 0 amide bonds. The van der Waals surface area contributed by atoms with Crippen LogP contribution in [0, 0.1) is 0 Å². The van der Waals surface area contributed by atoms with Gasteiger partial charge in [0.2, 0.25) is 5.69 Å². The van der Waals surface area contributed by atoms with Crippen molar-refractivity contribution in [1.82, 2.24) is 0 Å². The SMILES string of the molecule is CCCCCCCCCOP(=S)(S)OCCCCCCCCC. The summed E-state index contributed by atoms with van der Waals surface area (Å²) in [7, 11) is 0. The van der Waals surface area contributed by atoms with Gasteiger partial charge in [0.25, 0.3) is 0 Å². The van der Waals surface area contributed by atoms with Crippen molar-refractivity contribution in [2.24, 2.45) is 0 Å². The Bertz CT molecular complexity index is 264. The van der Waals surface area contributed by atoms with Crippen LogP contribution in [0.4, 0.5) is 0 Å². The molecule has 0 rings (SSSR count). The lowest BCUT2D eigenvalue weighted by Gasteiger charge is -2.16. The fourth-order valence-corrected chi connectivity index (χ4v) is 4.25. The highest BCUT2D eigenvalue weighted by Gasteiger charge is 2.12. The van der Waals surface area contributed by atoms with Crippen molar-refractivity contribution in [2.45, 2.75) is 104 Å². The number of thiol groups is 1. The third-order valence-electron chi connectivity index (χ3n) is 4.00.